The van der Waals surface area contributed by atoms with Crippen molar-refractivity contribution in [3.8, 4) is 0 Å². The molecule has 3 heterocycles. The van der Waals surface area contributed by atoms with Crippen molar-refractivity contribution in [2.75, 3.05) is 18.0 Å². The molecule has 2 fully saturated rings. The van der Waals surface area contributed by atoms with E-state index in [1.807, 2.05) is 13.8 Å². The van der Waals surface area contributed by atoms with Crippen LogP contribution in [-0.2, 0) is 4.74 Å². The summed E-state index contributed by atoms with van der Waals surface area (Å²) in [5.74, 6) is 2.78. The summed E-state index contributed by atoms with van der Waals surface area (Å²) in [6.45, 7) is 7.41. The minimum Gasteiger partial charge on any atom is -0.362 e. The van der Waals surface area contributed by atoms with E-state index in [1.165, 1.54) is 0 Å². The zero-order valence-corrected chi connectivity index (χ0v) is 13.7. The molecule has 0 amide bonds. The molecule has 1 saturated carbocycles. The predicted molar refractivity (Wildman–Crippen MR) is 83.3 cm³/mol. The number of anilines is 1. The molecule has 1 aliphatic carbocycles. The molecule has 4 rings (SSSR count). The largest absolute Gasteiger partial charge is 0.362 e. The Morgan fingerprint density at radius 2 is 2.00 bits per heavy atom. The molecule has 1 saturated heterocycles. The molecule has 7 heteroatoms. The molecule has 1 aliphatic heterocycles. The van der Waals surface area contributed by atoms with Crippen molar-refractivity contribution < 1.29 is 9.26 Å². The molecular weight excluding hydrogens is 294 g/mol. The molecular formula is C16H21N5O2. The van der Waals surface area contributed by atoms with Crippen LogP contribution in [0.1, 0.15) is 54.9 Å². The first kappa shape index (κ1) is 14.6. The van der Waals surface area contributed by atoms with Crippen molar-refractivity contribution in [2.24, 2.45) is 0 Å². The smallest absolute Gasteiger partial charge is 0.257 e. The minimum atomic E-state index is -0.222. The van der Waals surface area contributed by atoms with E-state index in [0.717, 1.165) is 42.4 Å². The normalized spacial score (nSPS) is 24.9. The lowest BCUT2D eigenvalue weighted by atomic mass is 10.2. The Kier molecular flexibility index (Phi) is 3.52. The Morgan fingerprint density at radius 1 is 1.17 bits per heavy atom. The quantitative estimate of drug-likeness (QED) is 0.860. The van der Waals surface area contributed by atoms with E-state index >= 15 is 0 Å². The first-order chi connectivity index (χ1) is 11.1. The predicted octanol–water partition coefficient (Wildman–Crippen LogP) is 2.32. The number of rotatable bonds is 3. The molecule has 23 heavy (non-hydrogen) atoms. The zero-order chi connectivity index (χ0) is 16.0. The third kappa shape index (κ3) is 2.93. The Hall–Kier alpha value is -2.02. The van der Waals surface area contributed by atoms with Gasteiger partial charge in [-0.15, -0.1) is 0 Å². The summed E-state index contributed by atoms with van der Waals surface area (Å²) < 4.78 is 11.5. The van der Waals surface area contributed by atoms with Crippen LogP contribution in [0.3, 0.4) is 0 Å². The molecule has 0 N–H and O–H groups in total. The van der Waals surface area contributed by atoms with Crippen LogP contribution >= 0.6 is 0 Å². The fourth-order valence-electron chi connectivity index (χ4n) is 2.97. The summed E-state index contributed by atoms with van der Waals surface area (Å²) in [7, 11) is 0. The first-order valence-electron chi connectivity index (χ1n) is 8.14. The lowest BCUT2D eigenvalue weighted by Crippen LogP contribution is -2.43. The van der Waals surface area contributed by atoms with Crippen LogP contribution in [0.4, 0.5) is 5.82 Å². The average molecular weight is 315 g/mol. The second-order valence-electron chi connectivity index (χ2n) is 6.53. The van der Waals surface area contributed by atoms with E-state index in [2.05, 4.69) is 31.9 Å². The summed E-state index contributed by atoms with van der Waals surface area (Å²) in [4.78, 5) is 15.8. The van der Waals surface area contributed by atoms with Crippen molar-refractivity contribution in [1.29, 1.82) is 0 Å². The van der Waals surface area contributed by atoms with Crippen molar-refractivity contribution in [3.63, 3.8) is 0 Å². The van der Waals surface area contributed by atoms with Gasteiger partial charge in [0, 0.05) is 18.7 Å². The van der Waals surface area contributed by atoms with Gasteiger partial charge < -0.3 is 14.2 Å². The van der Waals surface area contributed by atoms with Crippen LogP contribution in [0.5, 0.6) is 0 Å². The average Bonchev–Trinajstić information content (AvgIpc) is 3.26. The van der Waals surface area contributed by atoms with Gasteiger partial charge >= 0.3 is 0 Å². The van der Waals surface area contributed by atoms with Gasteiger partial charge in [-0.25, -0.2) is 4.98 Å². The molecule has 2 aliphatic rings. The van der Waals surface area contributed by atoms with Gasteiger partial charge in [0.25, 0.3) is 5.89 Å². The van der Waals surface area contributed by atoms with Crippen molar-refractivity contribution in [2.45, 2.75) is 51.7 Å². The van der Waals surface area contributed by atoms with Gasteiger partial charge in [0.1, 0.15) is 0 Å². The van der Waals surface area contributed by atoms with Crippen LogP contribution in [0, 0.1) is 13.8 Å². The summed E-state index contributed by atoms with van der Waals surface area (Å²) in [5.41, 5.74) is 1.84. The minimum absolute atomic E-state index is 0.0618. The van der Waals surface area contributed by atoms with Crippen LogP contribution in [0.25, 0.3) is 0 Å². The highest BCUT2D eigenvalue weighted by Crippen LogP contribution is 2.39. The van der Waals surface area contributed by atoms with Gasteiger partial charge in [0.05, 0.1) is 24.0 Å². The van der Waals surface area contributed by atoms with Crippen LogP contribution in [0.15, 0.2) is 10.7 Å². The maximum atomic E-state index is 6.02. The SMILES string of the molecule is Cc1cnc(C)c(N2C[C@@H](C)O[C@@H](c3nc(C4CC4)no3)C2)n1. The molecule has 0 bridgehead atoms. The molecule has 0 spiro atoms. The Bertz CT molecular complexity index is 712. The topological polar surface area (TPSA) is 77.2 Å². The molecule has 2 atom stereocenters. The number of morpholine rings is 1. The second-order valence-corrected chi connectivity index (χ2v) is 6.53. The highest BCUT2D eigenvalue weighted by Gasteiger charge is 2.34. The highest BCUT2D eigenvalue weighted by atomic mass is 16.5. The number of ether oxygens (including phenoxy) is 1. The summed E-state index contributed by atoms with van der Waals surface area (Å²) >= 11 is 0. The summed E-state index contributed by atoms with van der Waals surface area (Å²) in [6.07, 6.45) is 3.95. The van der Waals surface area contributed by atoms with E-state index < -0.39 is 0 Å². The number of hydrogen-bond donors (Lipinski definition) is 0. The van der Waals surface area contributed by atoms with E-state index in [1.54, 1.807) is 6.20 Å². The van der Waals surface area contributed by atoms with Gasteiger partial charge in [0.2, 0.25) is 0 Å². The molecule has 0 aromatic carbocycles. The van der Waals surface area contributed by atoms with E-state index in [0.29, 0.717) is 18.4 Å². The lowest BCUT2D eigenvalue weighted by molar-refractivity contribution is -0.0334. The maximum absolute atomic E-state index is 6.02. The maximum Gasteiger partial charge on any atom is 0.257 e. The molecule has 122 valence electrons. The number of aryl methyl sites for hydroxylation is 2. The molecule has 0 unspecified atom stereocenters. The Morgan fingerprint density at radius 3 is 2.78 bits per heavy atom. The van der Waals surface area contributed by atoms with Gasteiger partial charge in [-0.2, -0.15) is 4.98 Å². The molecule has 7 nitrogen and oxygen atoms in total. The molecule has 2 aromatic heterocycles. The summed E-state index contributed by atoms with van der Waals surface area (Å²) in [6, 6.07) is 0. The highest BCUT2D eigenvalue weighted by molar-refractivity contribution is 5.44. The first-order valence-corrected chi connectivity index (χ1v) is 8.14. The number of aromatic nitrogens is 4. The van der Waals surface area contributed by atoms with E-state index in [-0.39, 0.29) is 12.2 Å². The number of nitrogens with zero attached hydrogens (tertiary/aromatic N) is 5. The van der Waals surface area contributed by atoms with Gasteiger partial charge in [0.15, 0.2) is 17.7 Å². The van der Waals surface area contributed by atoms with Gasteiger partial charge in [-0.1, -0.05) is 5.16 Å². The Balaban J connectivity index is 1.58. The fourth-order valence-corrected chi connectivity index (χ4v) is 2.97. The standard InChI is InChI=1S/C16H21N5O2/c1-9-6-17-11(3)15(18-9)21-7-10(2)22-13(8-21)16-19-14(20-23-16)12-4-5-12/h6,10,12-13H,4-5,7-8H2,1-3H3/t10-,13-/m1/s1. The molecule has 2 aromatic rings. The second kappa shape index (κ2) is 5.56. The van der Waals surface area contributed by atoms with Crippen molar-refractivity contribution in [1.82, 2.24) is 20.1 Å². The van der Waals surface area contributed by atoms with E-state index in [4.69, 9.17) is 9.26 Å². The third-order valence-corrected chi connectivity index (χ3v) is 4.29. The van der Waals surface area contributed by atoms with Crippen LogP contribution in [-0.4, -0.2) is 39.3 Å². The van der Waals surface area contributed by atoms with Crippen molar-refractivity contribution in [3.05, 3.63) is 29.3 Å². The monoisotopic (exact) mass is 315 g/mol. The number of hydrogen-bond acceptors (Lipinski definition) is 7. The molecule has 0 radical (unpaired) electrons. The van der Waals surface area contributed by atoms with Crippen LogP contribution in [0.2, 0.25) is 0 Å². The van der Waals surface area contributed by atoms with Gasteiger partial charge in [-0.3, -0.25) is 4.98 Å². The summed E-state index contributed by atoms with van der Waals surface area (Å²) in [5, 5.41) is 4.10. The van der Waals surface area contributed by atoms with Crippen LogP contribution < -0.4 is 4.90 Å². The van der Waals surface area contributed by atoms with E-state index in [9.17, 15) is 0 Å². The Labute approximate surface area is 135 Å². The van der Waals surface area contributed by atoms with Gasteiger partial charge in [-0.05, 0) is 33.6 Å². The van der Waals surface area contributed by atoms with Crippen molar-refractivity contribution >= 4 is 5.82 Å². The lowest BCUT2D eigenvalue weighted by Gasteiger charge is -2.36. The third-order valence-electron chi connectivity index (χ3n) is 4.29. The fraction of sp³-hybridized carbons (Fsp3) is 0.625. The zero-order valence-electron chi connectivity index (χ0n) is 13.7.